The molecule has 0 spiro atoms. The lowest BCUT2D eigenvalue weighted by atomic mass is 10.3. The van der Waals surface area contributed by atoms with Gasteiger partial charge in [0.1, 0.15) is 0 Å². The summed E-state index contributed by atoms with van der Waals surface area (Å²) < 4.78 is 24.2. The normalized spacial score (nSPS) is 11.7. The maximum absolute atomic E-state index is 11.6. The van der Waals surface area contributed by atoms with Crippen molar-refractivity contribution in [2.75, 3.05) is 31.7 Å². The molecule has 0 atom stereocenters. The molecule has 0 heterocycles. The minimum atomic E-state index is -3.34. The Morgan fingerprint density at radius 3 is 2.20 bits per heavy atom. The summed E-state index contributed by atoms with van der Waals surface area (Å²) in [7, 11) is -0.476. The Balaban J connectivity index is 2.82. The lowest BCUT2D eigenvalue weighted by molar-refractivity contribution is -0.384. The van der Waals surface area contributed by atoms with Gasteiger partial charge in [0.15, 0.2) is 0 Å². The number of hydrogen-bond donors (Lipinski definition) is 1. The van der Waals surface area contributed by atoms with Crippen LogP contribution >= 0.6 is 23.2 Å². The molecule has 0 radical (unpaired) electrons. The molecule has 1 aromatic rings. The van der Waals surface area contributed by atoms with Gasteiger partial charge in [-0.15, -0.1) is 0 Å². The molecule has 1 N–H and O–H groups in total. The highest BCUT2D eigenvalue weighted by atomic mass is 35.5. The molecular formula is C10H13Cl2N3O4S. The summed E-state index contributed by atoms with van der Waals surface area (Å²) in [5, 5.41) is 13.5. The fourth-order valence-corrected chi connectivity index (χ4v) is 2.66. The quantitative estimate of drug-likeness (QED) is 0.632. The Labute approximate surface area is 126 Å². The van der Waals surface area contributed by atoms with E-state index in [1.54, 1.807) is 0 Å². The first kappa shape index (κ1) is 17.0. The molecule has 112 valence electrons. The molecule has 1 aromatic carbocycles. The van der Waals surface area contributed by atoms with Crippen LogP contribution in [-0.2, 0) is 10.0 Å². The topological polar surface area (TPSA) is 92.6 Å². The predicted molar refractivity (Wildman–Crippen MR) is 79.1 cm³/mol. The third-order valence-electron chi connectivity index (χ3n) is 2.46. The molecule has 0 unspecified atom stereocenters. The van der Waals surface area contributed by atoms with Crippen molar-refractivity contribution < 1.29 is 13.3 Å². The third kappa shape index (κ3) is 4.20. The summed E-state index contributed by atoms with van der Waals surface area (Å²) in [6.45, 7) is 0.0811. The van der Waals surface area contributed by atoms with Gasteiger partial charge in [-0.2, -0.15) is 0 Å². The first-order chi connectivity index (χ1) is 9.15. The summed E-state index contributed by atoms with van der Waals surface area (Å²) in [4.78, 5) is 10.0. The van der Waals surface area contributed by atoms with Crippen LogP contribution in [0.4, 0.5) is 11.4 Å². The van der Waals surface area contributed by atoms with Crippen LogP contribution in [0.3, 0.4) is 0 Å². The van der Waals surface area contributed by atoms with Gasteiger partial charge in [-0.05, 0) is 0 Å². The predicted octanol–water partition coefficient (Wildman–Crippen LogP) is 2.20. The highest BCUT2D eigenvalue weighted by molar-refractivity contribution is 7.89. The second kappa shape index (κ2) is 6.57. The summed E-state index contributed by atoms with van der Waals surface area (Å²) in [6, 6.07) is 2.30. The van der Waals surface area contributed by atoms with Crippen LogP contribution in [0.5, 0.6) is 0 Å². The largest absolute Gasteiger partial charge is 0.382 e. The number of nitro benzene ring substituents is 1. The molecule has 10 heteroatoms. The van der Waals surface area contributed by atoms with E-state index in [4.69, 9.17) is 23.2 Å². The van der Waals surface area contributed by atoms with E-state index in [-0.39, 0.29) is 33.7 Å². The molecule has 0 aromatic heterocycles. The zero-order chi connectivity index (χ0) is 15.5. The van der Waals surface area contributed by atoms with Crippen molar-refractivity contribution in [3.05, 3.63) is 32.3 Å². The molecule has 0 amide bonds. The van der Waals surface area contributed by atoms with E-state index < -0.39 is 14.9 Å². The molecular weight excluding hydrogens is 329 g/mol. The lowest BCUT2D eigenvalue weighted by Crippen LogP contribution is -2.28. The van der Waals surface area contributed by atoms with Gasteiger partial charge in [-0.1, -0.05) is 23.2 Å². The highest BCUT2D eigenvalue weighted by Gasteiger charge is 2.16. The van der Waals surface area contributed by atoms with Crippen molar-refractivity contribution in [3.63, 3.8) is 0 Å². The number of non-ortho nitro benzene ring substituents is 1. The molecule has 0 saturated heterocycles. The van der Waals surface area contributed by atoms with Crippen molar-refractivity contribution in [1.29, 1.82) is 0 Å². The van der Waals surface area contributed by atoms with Crippen LogP contribution in [0.25, 0.3) is 0 Å². The second-order valence-corrected chi connectivity index (χ2v) is 7.18. The third-order valence-corrected chi connectivity index (χ3v) is 4.88. The smallest absolute Gasteiger partial charge is 0.272 e. The van der Waals surface area contributed by atoms with Crippen molar-refractivity contribution in [2.45, 2.75) is 0 Å². The van der Waals surface area contributed by atoms with E-state index in [1.807, 2.05) is 0 Å². The highest BCUT2D eigenvalue weighted by Crippen LogP contribution is 2.34. The maximum atomic E-state index is 11.6. The number of rotatable bonds is 6. The average molecular weight is 342 g/mol. The SMILES string of the molecule is CN(C)S(=O)(=O)CCNc1c(Cl)cc([N+](=O)[O-])cc1Cl. The van der Waals surface area contributed by atoms with Crippen molar-refractivity contribution in [3.8, 4) is 0 Å². The van der Waals surface area contributed by atoms with Crippen molar-refractivity contribution in [2.24, 2.45) is 0 Å². The molecule has 0 bridgehead atoms. The van der Waals surface area contributed by atoms with Gasteiger partial charge in [-0.3, -0.25) is 10.1 Å². The summed E-state index contributed by atoms with van der Waals surface area (Å²) >= 11 is 11.8. The van der Waals surface area contributed by atoms with Gasteiger partial charge in [0.2, 0.25) is 10.0 Å². The fraction of sp³-hybridized carbons (Fsp3) is 0.400. The van der Waals surface area contributed by atoms with Crippen LogP contribution in [0.1, 0.15) is 0 Å². The fourth-order valence-electron chi connectivity index (χ4n) is 1.32. The van der Waals surface area contributed by atoms with Crippen LogP contribution in [0.2, 0.25) is 10.0 Å². The minimum absolute atomic E-state index is 0.0615. The number of nitrogens with zero attached hydrogens (tertiary/aromatic N) is 2. The molecule has 0 aliphatic heterocycles. The number of sulfonamides is 1. The first-order valence-electron chi connectivity index (χ1n) is 5.42. The molecule has 0 aliphatic carbocycles. The molecule has 7 nitrogen and oxygen atoms in total. The number of hydrogen-bond acceptors (Lipinski definition) is 5. The van der Waals surface area contributed by atoms with Crippen molar-refractivity contribution in [1.82, 2.24) is 4.31 Å². The Morgan fingerprint density at radius 2 is 1.80 bits per heavy atom. The van der Waals surface area contributed by atoms with Gasteiger partial charge < -0.3 is 5.32 Å². The zero-order valence-electron chi connectivity index (χ0n) is 10.8. The summed E-state index contributed by atoms with van der Waals surface area (Å²) in [6.07, 6.45) is 0. The van der Waals surface area contributed by atoms with Crippen LogP contribution in [0.15, 0.2) is 12.1 Å². The van der Waals surface area contributed by atoms with Crippen LogP contribution < -0.4 is 5.32 Å². The zero-order valence-corrected chi connectivity index (χ0v) is 13.1. The van der Waals surface area contributed by atoms with Gasteiger partial charge in [0.25, 0.3) is 5.69 Å². The standard InChI is InChI=1S/C10H13Cl2N3O4S/c1-14(2)20(18,19)4-3-13-10-8(11)5-7(15(16)17)6-9(10)12/h5-6,13H,3-4H2,1-2H3. The monoisotopic (exact) mass is 341 g/mol. The maximum Gasteiger partial charge on any atom is 0.272 e. The minimum Gasteiger partial charge on any atom is -0.382 e. The van der Waals surface area contributed by atoms with Crippen molar-refractivity contribution >= 4 is 44.6 Å². The Kier molecular flexibility index (Phi) is 5.58. The lowest BCUT2D eigenvalue weighted by Gasteiger charge is -2.13. The molecule has 0 fully saturated rings. The Bertz CT molecular complexity index is 596. The van der Waals surface area contributed by atoms with E-state index in [1.165, 1.54) is 14.1 Å². The van der Waals surface area contributed by atoms with E-state index >= 15 is 0 Å². The molecule has 0 aliphatic rings. The van der Waals surface area contributed by atoms with Gasteiger partial charge in [-0.25, -0.2) is 12.7 Å². The van der Waals surface area contributed by atoms with E-state index in [0.29, 0.717) is 0 Å². The molecule has 20 heavy (non-hydrogen) atoms. The average Bonchev–Trinajstić information content (AvgIpc) is 2.31. The van der Waals surface area contributed by atoms with E-state index in [0.717, 1.165) is 16.4 Å². The molecule has 1 rings (SSSR count). The second-order valence-electron chi connectivity index (χ2n) is 4.07. The van der Waals surface area contributed by atoms with Gasteiger partial charge in [0.05, 0.1) is 26.4 Å². The Morgan fingerprint density at radius 1 is 1.30 bits per heavy atom. The first-order valence-corrected chi connectivity index (χ1v) is 7.79. The van der Waals surface area contributed by atoms with Gasteiger partial charge in [0, 0.05) is 32.8 Å². The van der Waals surface area contributed by atoms with Crippen LogP contribution in [0, 0.1) is 10.1 Å². The number of nitrogens with one attached hydrogen (secondary N) is 1. The number of halogens is 2. The number of anilines is 1. The summed E-state index contributed by atoms with van der Waals surface area (Å²) in [5.41, 5.74) is 0.0411. The van der Waals surface area contributed by atoms with E-state index in [9.17, 15) is 18.5 Å². The number of benzene rings is 1. The van der Waals surface area contributed by atoms with Crippen LogP contribution in [-0.4, -0.2) is 44.0 Å². The summed E-state index contributed by atoms with van der Waals surface area (Å²) in [5.74, 6) is -0.149. The van der Waals surface area contributed by atoms with Gasteiger partial charge >= 0.3 is 0 Å². The van der Waals surface area contributed by atoms with E-state index in [2.05, 4.69) is 5.32 Å². The molecule has 0 saturated carbocycles. The Hall–Kier alpha value is -1.09. The number of nitro groups is 1.